The molecule has 2 heterocycles. The molecule has 2 N–H and O–H groups in total. The molecular weight excluding hydrogens is 614 g/mol. The monoisotopic (exact) mass is 632 g/mol. The number of rotatable bonds is 9. The van der Waals surface area contributed by atoms with Gasteiger partial charge >= 0.3 is 12.4 Å². The number of hydrogen-bond acceptors (Lipinski definition) is 10. The number of nitrogens with one attached hydrogen (secondary N) is 2. The average Bonchev–Trinajstić information content (AvgIpc) is 3.52. The van der Waals surface area contributed by atoms with Crippen molar-refractivity contribution in [1.29, 1.82) is 0 Å². The summed E-state index contributed by atoms with van der Waals surface area (Å²) < 4.78 is 86.8. The van der Waals surface area contributed by atoms with E-state index in [0.717, 1.165) is 47.8 Å². The van der Waals surface area contributed by atoms with Gasteiger partial charge in [0, 0.05) is 25.5 Å². The van der Waals surface area contributed by atoms with Gasteiger partial charge in [0.05, 0.1) is 22.6 Å². The van der Waals surface area contributed by atoms with Gasteiger partial charge in [0.2, 0.25) is 22.1 Å². The fourth-order valence-corrected chi connectivity index (χ4v) is 4.82. The highest BCUT2D eigenvalue weighted by molar-refractivity contribution is 8.00. The number of aryl methyl sites for hydroxylation is 2. The third-order valence-corrected chi connectivity index (χ3v) is 7.36. The first kappa shape index (κ1) is 30.8. The largest absolute Gasteiger partial charge is 0.417 e. The molecule has 2 aromatic carbocycles. The Balaban J connectivity index is 1.57. The lowest BCUT2D eigenvalue weighted by Gasteiger charge is -2.19. The summed E-state index contributed by atoms with van der Waals surface area (Å²) in [4.78, 5) is 24.6. The van der Waals surface area contributed by atoms with Gasteiger partial charge in [-0.1, -0.05) is 35.7 Å². The van der Waals surface area contributed by atoms with Crippen LogP contribution in [0.5, 0.6) is 0 Å². The summed E-state index contributed by atoms with van der Waals surface area (Å²) in [5, 5.41) is 26.5. The highest BCUT2D eigenvalue weighted by Gasteiger charge is 2.39. The molecule has 0 unspecified atom stereocenters. The predicted molar refractivity (Wildman–Crippen MR) is 138 cm³/mol. The van der Waals surface area contributed by atoms with Gasteiger partial charge in [-0.25, -0.2) is 9.36 Å². The molecule has 42 heavy (non-hydrogen) atoms. The Bertz CT molecular complexity index is 1490. The molecule has 2 amide bonds. The van der Waals surface area contributed by atoms with Crippen LogP contribution in [0.25, 0.3) is 11.1 Å². The van der Waals surface area contributed by atoms with Crippen molar-refractivity contribution in [3.05, 3.63) is 47.5 Å². The zero-order valence-corrected chi connectivity index (χ0v) is 23.0. The predicted octanol–water partition coefficient (Wildman–Crippen LogP) is 3.90. The van der Waals surface area contributed by atoms with Gasteiger partial charge in [0.1, 0.15) is 0 Å². The zero-order chi connectivity index (χ0) is 30.7. The van der Waals surface area contributed by atoms with Crippen molar-refractivity contribution >= 4 is 46.7 Å². The van der Waals surface area contributed by atoms with Crippen LogP contribution in [-0.2, 0) is 36.0 Å². The first-order valence-corrected chi connectivity index (χ1v) is 13.4. The van der Waals surface area contributed by atoms with Gasteiger partial charge < -0.3 is 10.6 Å². The Labute approximate surface area is 240 Å². The Morgan fingerprint density at radius 1 is 0.714 bits per heavy atom. The summed E-state index contributed by atoms with van der Waals surface area (Å²) in [6, 6.07) is 4.91. The van der Waals surface area contributed by atoms with Crippen LogP contribution in [0.1, 0.15) is 11.1 Å². The third kappa shape index (κ3) is 7.55. The number of alkyl halides is 6. The number of hydrogen-bond donors (Lipinski definition) is 2. The minimum absolute atomic E-state index is 0.239. The molecule has 0 aliphatic rings. The molecule has 0 atom stereocenters. The molecule has 0 radical (unpaired) electrons. The normalized spacial score (nSPS) is 11.9. The number of benzene rings is 2. The van der Waals surface area contributed by atoms with Crippen molar-refractivity contribution in [2.24, 2.45) is 14.1 Å². The Kier molecular flexibility index (Phi) is 9.04. The summed E-state index contributed by atoms with van der Waals surface area (Å²) >= 11 is 1.86. The molecule has 0 spiro atoms. The second-order valence-corrected chi connectivity index (χ2v) is 10.2. The van der Waals surface area contributed by atoms with Crippen molar-refractivity contribution < 1.29 is 35.9 Å². The standard InChI is InChI=1S/C22H18F6N10O2S2/c1-37-19(31-33-35-37)41-9-17(39)29-11-3-5-13(15(7-11)21(23,24)25)14-6-4-12(8-16(14)22(26,27)28)30-18(40)10-42-20-32-34-36-38(20)2/h3-8H,9-10H2,1-2H3,(H,29,39)(H,30,40). The van der Waals surface area contributed by atoms with E-state index in [1.807, 2.05) is 0 Å². The van der Waals surface area contributed by atoms with Crippen molar-refractivity contribution in [3.8, 4) is 11.1 Å². The van der Waals surface area contributed by atoms with E-state index in [0.29, 0.717) is 12.1 Å². The molecular formula is C22H18F6N10O2S2. The number of aromatic nitrogens is 8. The molecule has 20 heteroatoms. The fourth-order valence-electron chi connectivity index (χ4n) is 3.52. The van der Waals surface area contributed by atoms with Crippen LogP contribution in [0, 0.1) is 0 Å². The molecule has 2 aromatic heterocycles. The third-order valence-electron chi connectivity index (χ3n) is 5.33. The van der Waals surface area contributed by atoms with Crippen LogP contribution in [0.15, 0.2) is 46.7 Å². The number of tetrazole rings is 2. The van der Waals surface area contributed by atoms with Crippen LogP contribution in [-0.4, -0.2) is 63.7 Å². The molecule has 12 nitrogen and oxygen atoms in total. The summed E-state index contributed by atoms with van der Waals surface area (Å²) in [5.74, 6) is -1.85. The Hall–Kier alpha value is -4.20. The lowest BCUT2D eigenvalue weighted by Crippen LogP contribution is -2.17. The van der Waals surface area contributed by atoms with Crippen LogP contribution in [0.4, 0.5) is 37.7 Å². The summed E-state index contributed by atoms with van der Waals surface area (Å²) in [6.07, 6.45) is -10.1. The van der Waals surface area contributed by atoms with Crippen LogP contribution >= 0.6 is 23.5 Å². The molecule has 0 aliphatic heterocycles. The molecule has 222 valence electrons. The van der Waals surface area contributed by atoms with Gasteiger partial charge in [0.15, 0.2) is 0 Å². The Morgan fingerprint density at radius 2 is 1.10 bits per heavy atom. The summed E-state index contributed by atoms with van der Waals surface area (Å²) in [7, 11) is 3.06. The lowest BCUT2D eigenvalue weighted by atomic mass is 9.93. The average molecular weight is 633 g/mol. The maximum Gasteiger partial charge on any atom is 0.417 e. The van der Waals surface area contributed by atoms with Crippen LogP contribution < -0.4 is 10.6 Å². The topological polar surface area (TPSA) is 145 Å². The molecule has 0 saturated carbocycles. The first-order chi connectivity index (χ1) is 19.7. The van der Waals surface area contributed by atoms with Crippen LogP contribution in [0.2, 0.25) is 0 Å². The quantitative estimate of drug-likeness (QED) is 0.206. The highest BCUT2D eigenvalue weighted by atomic mass is 32.2. The number of anilines is 2. The second kappa shape index (κ2) is 12.3. The minimum atomic E-state index is -5.07. The maximum absolute atomic E-state index is 14.0. The minimum Gasteiger partial charge on any atom is -0.325 e. The molecule has 0 bridgehead atoms. The number of carbonyl (C=O) groups excluding carboxylic acids is 2. The van der Waals surface area contributed by atoms with Crippen molar-refractivity contribution in [3.63, 3.8) is 0 Å². The number of amides is 2. The molecule has 4 aromatic rings. The maximum atomic E-state index is 14.0. The smallest absolute Gasteiger partial charge is 0.325 e. The van der Waals surface area contributed by atoms with E-state index in [-0.39, 0.29) is 33.2 Å². The first-order valence-electron chi connectivity index (χ1n) is 11.4. The molecule has 0 fully saturated rings. The lowest BCUT2D eigenvalue weighted by molar-refractivity contribution is -0.139. The van der Waals surface area contributed by atoms with E-state index in [1.54, 1.807) is 0 Å². The molecule has 4 rings (SSSR count). The van der Waals surface area contributed by atoms with E-state index in [1.165, 1.54) is 23.5 Å². The number of halogens is 6. The SMILES string of the molecule is Cn1nnnc1SCC(=O)Nc1ccc(-c2ccc(NC(=O)CSc3nnnn3C)cc2C(F)(F)F)c(C(F)(F)F)c1. The van der Waals surface area contributed by atoms with Gasteiger partial charge in [-0.05, 0) is 56.2 Å². The van der Waals surface area contributed by atoms with Gasteiger partial charge in [0.25, 0.3) is 0 Å². The van der Waals surface area contributed by atoms with E-state index in [9.17, 15) is 35.9 Å². The van der Waals surface area contributed by atoms with Crippen molar-refractivity contribution in [1.82, 2.24) is 40.4 Å². The van der Waals surface area contributed by atoms with Crippen LogP contribution in [0.3, 0.4) is 0 Å². The summed E-state index contributed by atoms with van der Waals surface area (Å²) in [5.41, 5.74) is -4.89. The van der Waals surface area contributed by atoms with Crippen molar-refractivity contribution in [2.75, 3.05) is 22.1 Å². The van der Waals surface area contributed by atoms with Gasteiger partial charge in [-0.3, -0.25) is 9.59 Å². The van der Waals surface area contributed by atoms with E-state index in [4.69, 9.17) is 0 Å². The van der Waals surface area contributed by atoms with Gasteiger partial charge in [-0.15, -0.1) is 10.2 Å². The van der Waals surface area contributed by atoms with E-state index < -0.39 is 46.4 Å². The second-order valence-electron chi connectivity index (χ2n) is 8.36. The van der Waals surface area contributed by atoms with E-state index >= 15 is 0 Å². The van der Waals surface area contributed by atoms with Gasteiger partial charge in [-0.2, -0.15) is 26.3 Å². The molecule has 0 aliphatic carbocycles. The Morgan fingerprint density at radius 3 is 1.40 bits per heavy atom. The number of nitrogens with zero attached hydrogens (tertiary/aromatic N) is 8. The van der Waals surface area contributed by atoms with E-state index in [2.05, 4.69) is 41.7 Å². The number of thioether (sulfide) groups is 2. The van der Waals surface area contributed by atoms with Crippen molar-refractivity contribution in [2.45, 2.75) is 22.7 Å². The number of carbonyl (C=O) groups is 2. The zero-order valence-electron chi connectivity index (χ0n) is 21.4. The fraction of sp³-hybridized carbons (Fsp3) is 0.273. The molecule has 0 saturated heterocycles. The highest BCUT2D eigenvalue weighted by Crippen LogP contribution is 2.44. The summed E-state index contributed by atoms with van der Waals surface area (Å²) in [6.45, 7) is 0.